The molecule has 0 spiro atoms. The van der Waals surface area contributed by atoms with Crippen molar-refractivity contribution >= 4 is 5.78 Å². The molecule has 0 radical (unpaired) electrons. The van der Waals surface area contributed by atoms with Gasteiger partial charge >= 0.3 is 0 Å². The van der Waals surface area contributed by atoms with Gasteiger partial charge in [-0.1, -0.05) is 19.3 Å². The van der Waals surface area contributed by atoms with Crippen LogP contribution in [-0.2, 0) is 11.2 Å². The van der Waals surface area contributed by atoms with Crippen molar-refractivity contribution < 1.29 is 9.90 Å². The fourth-order valence-electron chi connectivity index (χ4n) is 2.40. The summed E-state index contributed by atoms with van der Waals surface area (Å²) in [7, 11) is 0. The molecule has 4 heteroatoms. The minimum atomic E-state index is -1.27. The Balaban J connectivity index is 1.99. The Morgan fingerprint density at radius 1 is 1.44 bits per heavy atom. The Kier molecular flexibility index (Phi) is 3.85. The third kappa shape index (κ3) is 3.19. The Bertz CT molecular complexity index is 412. The van der Waals surface area contributed by atoms with Crippen LogP contribution in [-0.4, -0.2) is 26.3 Å². The Labute approximate surface area is 108 Å². The van der Waals surface area contributed by atoms with Crippen LogP contribution in [0.3, 0.4) is 0 Å². The van der Waals surface area contributed by atoms with E-state index in [0.29, 0.717) is 6.04 Å². The van der Waals surface area contributed by atoms with Gasteiger partial charge < -0.3 is 5.11 Å². The van der Waals surface area contributed by atoms with Gasteiger partial charge in [0.1, 0.15) is 5.60 Å². The zero-order valence-corrected chi connectivity index (χ0v) is 11.2. The standard InChI is InChI=1S/C14H22N2O2/c1-14(2,18)13(17)10-11-8-9-16(15-11)12-6-4-3-5-7-12/h8-9,12,18H,3-7,10H2,1-2H3. The summed E-state index contributed by atoms with van der Waals surface area (Å²) in [6, 6.07) is 2.38. The summed E-state index contributed by atoms with van der Waals surface area (Å²) in [4.78, 5) is 11.7. The first-order chi connectivity index (χ1) is 8.47. The minimum absolute atomic E-state index is 0.184. The molecule has 0 aliphatic heterocycles. The molecule has 0 bridgehead atoms. The van der Waals surface area contributed by atoms with Crippen molar-refractivity contribution in [2.45, 2.75) is 64.0 Å². The molecule has 1 N–H and O–H groups in total. The molecule has 1 aromatic heterocycles. The van der Waals surface area contributed by atoms with Crippen LogP contribution in [0.2, 0.25) is 0 Å². The van der Waals surface area contributed by atoms with Crippen molar-refractivity contribution in [3.63, 3.8) is 0 Å². The van der Waals surface area contributed by atoms with Gasteiger partial charge in [0.05, 0.1) is 18.2 Å². The SMILES string of the molecule is CC(C)(O)C(=O)Cc1ccn(C2CCCCC2)n1. The Hall–Kier alpha value is -1.16. The van der Waals surface area contributed by atoms with Crippen LogP contribution in [0.15, 0.2) is 12.3 Å². The number of ketones is 1. The fraction of sp³-hybridized carbons (Fsp3) is 0.714. The maximum Gasteiger partial charge on any atom is 0.169 e. The van der Waals surface area contributed by atoms with E-state index in [9.17, 15) is 9.90 Å². The number of Topliss-reactive ketones (excluding diaryl/α,β-unsaturated/α-hetero) is 1. The van der Waals surface area contributed by atoms with E-state index in [-0.39, 0.29) is 12.2 Å². The van der Waals surface area contributed by atoms with Crippen molar-refractivity contribution in [1.82, 2.24) is 9.78 Å². The zero-order valence-electron chi connectivity index (χ0n) is 11.2. The first-order valence-corrected chi connectivity index (χ1v) is 6.76. The van der Waals surface area contributed by atoms with Crippen LogP contribution in [0.4, 0.5) is 0 Å². The van der Waals surface area contributed by atoms with Gasteiger partial charge in [0.2, 0.25) is 0 Å². The van der Waals surface area contributed by atoms with Crippen LogP contribution in [0.25, 0.3) is 0 Å². The molecule has 100 valence electrons. The van der Waals surface area contributed by atoms with E-state index in [1.54, 1.807) is 0 Å². The largest absolute Gasteiger partial charge is 0.383 e. The molecule has 1 fully saturated rings. The van der Waals surface area contributed by atoms with Crippen molar-refractivity contribution in [3.8, 4) is 0 Å². The molecule has 1 aliphatic carbocycles. The van der Waals surface area contributed by atoms with Crippen molar-refractivity contribution in [2.24, 2.45) is 0 Å². The van der Waals surface area contributed by atoms with E-state index in [1.165, 1.54) is 46.0 Å². The van der Waals surface area contributed by atoms with Crippen LogP contribution in [0.5, 0.6) is 0 Å². The minimum Gasteiger partial charge on any atom is -0.383 e. The average Bonchev–Trinajstić information content (AvgIpc) is 2.77. The van der Waals surface area contributed by atoms with Gasteiger partial charge in [-0.05, 0) is 32.8 Å². The number of carbonyl (C=O) groups excluding carboxylic acids is 1. The molecule has 1 heterocycles. The highest BCUT2D eigenvalue weighted by atomic mass is 16.3. The molecule has 0 aromatic carbocycles. The van der Waals surface area contributed by atoms with E-state index in [2.05, 4.69) is 5.10 Å². The first kappa shape index (κ1) is 13.3. The predicted octanol–water partition coefficient (Wildman–Crippen LogP) is 2.27. The first-order valence-electron chi connectivity index (χ1n) is 6.76. The molecule has 2 rings (SSSR count). The maximum absolute atomic E-state index is 11.7. The van der Waals surface area contributed by atoms with Crippen LogP contribution in [0.1, 0.15) is 57.7 Å². The third-order valence-electron chi connectivity index (χ3n) is 3.64. The number of rotatable bonds is 4. The molecular weight excluding hydrogens is 228 g/mol. The number of carbonyl (C=O) groups is 1. The lowest BCUT2D eigenvalue weighted by Gasteiger charge is -2.21. The molecule has 1 aromatic rings. The molecule has 18 heavy (non-hydrogen) atoms. The van der Waals surface area contributed by atoms with E-state index < -0.39 is 5.60 Å². The van der Waals surface area contributed by atoms with Crippen molar-refractivity contribution in [3.05, 3.63) is 18.0 Å². The number of nitrogens with zero attached hydrogens (tertiary/aromatic N) is 2. The summed E-state index contributed by atoms with van der Waals surface area (Å²) in [6.07, 6.45) is 8.39. The van der Waals surface area contributed by atoms with Gasteiger partial charge in [0.15, 0.2) is 5.78 Å². The number of aliphatic hydroxyl groups is 1. The Morgan fingerprint density at radius 2 is 2.11 bits per heavy atom. The number of hydrogen-bond donors (Lipinski definition) is 1. The Morgan fingerprint density at radius 3 is 2.72 bits per heavy atom. The van der Waals surface area contributed by atoms with Gasteiger partial charge in [-0.15, -0.1) is 0 Å². The summed E-state index contributed by atoms with van der Waals surface area (Å²) < 4.78 is 1.99. The number of hydrogen-bond acceptors (Lipinski definition) is 3. The number of aromatic nitrogens is 2. The highest BCUT2D eigenvalue weighted by Crippen LogP contribution is 2.27. The quantitative estimate of drug-likeness (QED) is 0.892. The summed E-state index contributed by atoms with van der Waals surface area (Å²) in [5.74, 6) is -0.184. The highest BCUT2D eigenvalue weighted by Gasteiger charge is 2.24. The molecule has 0 saturated heterocycles. The molecule has 1 aliphatic rings. The zero-order chi connectivity index (χ0) is 13.2. The molecule has 1 saturated carbocycles. The lowest BCUT2D eigenvalue weighted by atomic mass is 9.96. The van der Waals surface area contributed by atoms with E-state index in [4.69, 9.17) is 0 Å². The van der Waals surface area contributed by atoms with E-state index in [0.717, 1.165) is 5.69 Å². The van der Waals surface area contributed by atoms with Gasteiger partial charge in [-0.2, -0.15) is 5.10 Å². The summed E-state index contributed by atoms with van der Waals surface area (Å²) in [5, 5.41) is 14.1. The second-order valence-electron chi connectivity index (χ2n) is 5.74. The van der Waals surface area contributed by atoms with Crippen LogP contribution >= 0.6 is 0 Å². The van der Waals surface area contributed by atoms with Crippen LogP contribution in [0, 0.1) is 0 Å². The maximum atomic E-state index is 11.7. The topological polar surface area (TPSA) is 55.1 Å². The monoisotopic (exact) mass is 250 g/mol. The lowest BCUT2D eigenvalue weighted by Crippen LogP contribution is -2.32. The summed E-state index contributed by atoms with van der Waals surface area (Å²) >= 11 is 0. The van der Waals surface area contributed by atoms with Gasteiger partial charge in [-0.3, -0.25) is 9.48 Å². The third-order valence-corrected chi connectivity index (χ3v) is 3.64. The summed E-state index contributed by atoms with van der Waals surface area (Å²) in [5.41, 5.74) is -0.512. The summed E-state index contributed by atoms with van der Waals surface area (Å²) in [6.45, 7) is 3.04. The molecule has 0 unspecified atom stereocenters. The highest BCUT2D eigenvalue weighted by molar-refractivity contribution is 5.87. The van der Waals surface area contributed by atoms with Gasteiger partial charge in [0.25, 0.3) is 0 Å². The molecule has 0 amide bonds. The van der Waals surface area contributed by atoms with Gasteiger partial charge in [0, 0.05) is 6.20 Å². The predicted molar refractivity (Wildman–Crippen MR) is 69.4 cm³/mol. The van der Waals surface area contributed by atoms with E-state index >= 15 is 0 Å². The second kappa shape index (κ2) is 5.22. The smallest absolute Gasteiger partial charge is 0.169 e. The second-order valence-corrected chi connectivity index (χ2v) is 5.74. The average molecular weight is 250 g/mol. The normalized spacial score (nSPS) is 17.9. The van der Waals surface area contributed by atoms with Gasteiger partial charge in [-0.25, -0.2) is 0 Å². The van der Waals surface area contributed by atoms with Crippen molar-refractivity contribution in [1.29, 1.82) is 0 Å². The van der Waals surface area contributed by atoms with Crippen molar-refractivity contribution in [2.75, 3.05) is 0 Å². The van der Waals surface area contributed by atoms with Crippen LogP contribution < -0.4 is 0 Å². The fourth-order valence-corrected chi connectivity index (χ4v) is 2.40. The molecule has 0 atom stereocenters. The lowest BCUT2D eigenvalue weighted by molar-refractivity contribution is -0.133. The van der Waals surface area contributed by atoms with E-state index in [1.807, 2.05) is 16.9 Å². The molecular formula is C14H22N2O2. The molecule has 4 nitrogen and oxygen atoms in total.